The van der Waals surface area contributed by atoms with E-state index in [9.17, 15) is 10.2 Å². The maximum atomic E-state index is 10.1. The van der Waals surface area contributed by atoms with Crippen LogP contribution in [0, 0.1) is 0 Å². The minimum Gasteiger partial charge on any atom is -0.402 e. The molecule has 0 saturated heterocycles. The van der Waals surface area contributed by atoms with Crippen molar-refractivity contribution in [3.05, 3.63) is 0 Å². The molecule has 1 unspecified atom stereocenters. The van der Waals surface area contributed by atoms with Crippen LogP contribution in [0.2, 0.25) is 0 Å². The van der Waals surface area contributed by atoms with E-state index < -0.39 is 19.5 Å². The maximum Gasteiger partial charge on any atom is 0.634 e. The second kappa shape index (κ2) is 17.3. The molecule has 0 aromatic rings. The lowest BCUT2D eigenvalue weighted by atomic mass is 9.96. The fourth-order valence-corrected chi connectivity index (χ4v) is 3.08. The largest absolute Gasteiger partial charge is 0.634 e. The van der Waals surface area contributed by atoms with Crippen LogP contribution in [0.5, 0.6) is 0 Å². The highest BCUT2D eigenvalue weighted by Gasteiger charge is 2.27. The molecule has 0 aliphatic heterocycles. The van der Waals surface area contributed by atoms with Crippen LogP contribution >= 0.6 is 0 Å². The number of unbranched alkanes of at least 4 members (excludes halogenated alkanes) is 13. The van der Waals surface area contributed by atoms with Gasteiger partial charge in [0.2, 0.25) is 0 Å². The van der Waals surface area contributed by atoms with Crippen molar-refractivity contribution in [3.63, 3.8) is 0 Å². The van der Waals surface area contributed by atoms with Crippen LogP contribution in [0.3, 0.4) is 0 Å². The average Bonchev–Trinajstić information content (AvgIpc) is 2.60. The van der Waals surface area contributed by atoms with Crippen LogP contribution in [0.15, 0.2) is 0 Å². The van der Waals surface area contributed by atoms with Crippen LogP contribution in [-0.4, -0.2) is 46.4 Å². The Kier molecular flexibility index (Phi) is 17.2. The van der Waals surface area contributed by atoms with Crippen LogP contribution < -0.4 is 0 Å². The molecule has 0 aromatic carbocycles. The van der Waals surface area contributed by atoms with Crippen LogP contribution in [0.25, 0.3) is 0 Å². The molecule has 0 fully saturated rings. The van der Waals surface area contributed by atoms with E-state index in [1.54, 1.807) is 0 Å². The first-order valence-electron chi connectivity index (χ1n) is 10.3. The van der Waals surface area contributed by atoms with E-state index >= 15 is 0 Å². The summed E-state index contributed by atoms with van der Waals surface area (Å²) in [4.78, 5) is 0. The zero-order valence-corrected chi connectivity index (χ0v) is 16.3. The molecule has 0 amide bonds. The van der Waals surface area contributed by atoms with Crippen molar-refractivity contribution in [2.75, 3.05) is 13.2 Å². The Bertz CT molecular complexity index is 279. The van der Waals surface area contributed by atoms with E-state index in [1.165, 1.54) is 70.6 Å². The SMILES string of the molecule is CCCCCCCCCCCCCCCCC(O)(CO)COB(O)O. The summed E-state index contributed by atoms with van der Waals surface area (Å²) in [6.07, 6.45) is 18.2. The molecule has 5 nitrogen and oxygen atoms in total. The lowest BCUT2D eigenvalue weighted by Crippen LogP contribution is -2.41. The van der Waals surface area contributed by atoms with Crippen molar-refractivity contribution < 1.29 is 24.9 Å². The fourth-order valence-electron chi connectivity index (χ4n) is 3.08. The standard InChI is InChI=1S/C19H41BO5/c1-2-3-4-5-6-7-8-9-10-11-12-13-14-15-16-19(22,17-21)18-25-20(23)24/h21-24H,2-18H2,1H3. The van der Waals surface area contributed by atoms with E-state index in [0.717, 1.165) is 19.3 Å². The smallest absolute Gasteiger partial charge is 0.402 e. The lowest BCUT2D eigenvalue weighted by Gasteiger charge is -2.25. The molecule has 0 radical (unpaired) electrons. The summed E-state index contributed by atoms with van der Waals surface area (Å²) >= 11 is 0. The zero-order chi connectivity index (χ0) is 18.8. The number of aliphatic hydroxyl groups excluding tert-OH is 1. The normalized spacial score (nSPS) is 13.8. The van der Waals surface area contributed by atoms with E-state index in [0.29, 0.717) is 6.42 Å². The van der Waals surface area contributed by atoms with Gasteiger partial charge in [-0.3, -0.25) is 0 Å². The molecular formula is C19H41BO5. The Hall–Kier alpha value is -0.135. The third-order valence-corrected chi connectivity index (χ3v) is 4.79. The quantitative estimate of drug-likeness (QED) is 0.209. The Morgan fingerprint density at radius 1 is 0.720 bits per heavy atom. The van der Waals surface area contributed by atoms with Gasteiger partial charge in [-0.1, -0.05) is 96.8 Å². The molecular weight excluding hydrogens is 319 g/mol. The first kappa shape index (κ1) is 24.9. The molecule has 150 valence electrons. The number of hydrogen-bond acceptors (Lipinski definition) is 5. The van der Waals surface area contributed by atoms with Crippen molar-refractivity contribution in [2.45, 2.75) is 109 Å². The van der Waals surface area contributed by atoms with Crippen LogP contribution in [0.4, 0.5) is 0 Å². The molecule has 0 spiro atoms. The lowest BCUT2D eigenvalue weighted by molar-refractivity contribution is -0.0637. The van der Waals surface area contributed by atoms with Crippen LogP contribution in [0.1, 0.15) is 103 Å². The second-order valence-electron chi connectivity index (χ2n) is 7.37. The Morgan fingerprint density at radius 2 is 1.12 bits per heavy atom. The molecule has 4 N–H and O–H groups in total. The van der Waals surface area contributed by atoms with Gasteiger partial charge in [-0.15, -0.1) is 0 Å². The van der Waals surface area contributed by atoms with Gasteiger partial charge in [-0.25, -0.2) is 0 Å². The summed E-state index contributed by atoms with van der Waals surface area (Å²) in [7, 11) is -1.91. The highest BCUT2D eigenvalue weighted by Crippen LogP contribution is 2.17. The van der Waals surface area contributed by atoms with Gasteiger partial charge in [0, 0.05) is 0 Å². The van der Waals surface area contributed by atoms with Gasteiger partial charge in [0.1, 0.15) is 5.60 Å². The number of rotatable bonds is 19. The molecule has 0 saturated carbocycles. The van der Waals surface area contributed by atoms with Gasteiger partial charge in [-0.05, 0) is 6.42 Å². The summed E-state index contributed by atoms with van der Waals surface area (Å²) < 4.78 is 4.57. The van der Waals surface area contributed by atoms with E-state index in [2.05, 4.69) is 11.6 Å². The topological polar surface area (TPSA) is 90.2 Å². The average molecular weight is 360 g/mol. The Balaban J connectivity index is 3.34. The van der Waals surface area contributed by atoms with Crippen molar-refractivity contribution in [1.29, 1.82) is 0 Å². The summed E-state index contributed by atoms with van der Waals surface area (Å²) in [6.45, 7) is 1.56. The van der Waals surface area contributed by atoms with Gasteiger partial charge in [-0.2, -0.15) is 0 Å². The van der Waals surface area contributed by atoms with E-state index in [-0.39, 0.29) is 6.61 Å². The van der Waals surface area contributed by atoms with Gasteiger partial charge in [0.05, 0.1) is 13.2 Å². The summed E-state index contributed by atoms with van der Waals surface area (Å²) in [5, 5.41) is 36.6. The predicted molar refractivity (Wildman–Crippen MR) is 103 cm³/mol. The molecule has 0 rings (SSSR count). The summed E-state index contributed by atoms with van der Waals surface area (Å²) in [6, 6.07) is 0. The first-order chi connectivity index (χ1) is 12.0. The van der Waals surface area contributed by atoms with Gasteiger partial charge < -0.3 is 24.9 Å². The number of hydrogen-bond donors (Lipinski definition) is 4. The minimum absolute atomic E-state index is 0.264. The fraction of sp³-hybridized carbons (Fsp3) is 1.00. The maximum absolute atomic E-state index is 10.1. The molecule has 6 heteroatoms. The highest BCUT2D eigenvalue weighted by molar-refractivity contribution is 6.32. The minimum atomic E-state index is -1.91. The van der Waals surface area contributed by atoms with E-state index in [1.807, 2.05) is 0 Å². The predicted octanol–water partition coefficient (Wildman–Crippen LogP) is 3.57. The van der Waals surface area contributed by atoms with Gasteiger partial charge >= 0.3 is 7.32 Å². The van der Waals surface area contributed by atoms with Gasteiger partial charge in [0.25, 0.3) is 0 Å². The monoisotopic (exact) mass is 360 g/mol. The molecule has 25 heavy (non-hydrogen) atoms. The first-order valence-corrected chi connectivity index (χ1v) is 10.3. The highest BCUT2D eigenvalue weighted by atomic mass is 16.6. The Morgan fingerprint density at radius 3 is 1.48 bits per heavy atom. The molecule has 1 atom stereocenters. The molecule has 0 aliphatic carbocycles. The van der Waals surface area contributed by atoms with Crippen molar-refractivity contribution in [2.24, 2.45) is 0 Å². The van der Waals surface area contributed by atoms with Crippen molar-refractivity contribution in [3.8, 4) is 0 Å². The van der Waals surface area contributed by atoms with Gasteiger partial charge in [0.15, 0.2) is 0 Å². The molecule has 0 heterocycles. The van der Waals surface area contributed by atoms with Crippen molar-refractivity contribution >= 4 is 7.32 Å². The second-order valence-corrected chi connectivity index (χ2v) is 7.37. The third kappa shape index (κ3) is 17.1. The molecule has 0 bridgehead atoms. The van der Waals surface area contributed by atoms with E-state index in [4.69, 9.17) is 10.0 Å². The molecule has 0 aliphatic rings. The number of aliphatic hydroxyl groups is 2. The Labute approximate surface area is 155 Å². The summed E-state index contributed by atoms with van der Waals surface area (Å²) in [5.74, 6) is 0. The zero-order valence-electron chi connectivity index (χ0n) is 16.3. The summed E-state index contributed by atoms with van der Waals surface area (Å²) in [5.41, 5.74) is -1.37. The molecule has 0 aromatic heterocycles. The third-order valence-electron chi connectivity index (χ3n) is 4.79. The van der Waals surface area contributed by atoms with Crippen molar-refractivity contribution in [1.82, 2.24) is 0 Å². The van der Waals surface area contributed by atoms with Crippen LogP contribution in [-0.2, 0) is 4.65 Å².